The standard InChI is InChI=1S/C17H16ClN3O/c1-2-14-16(21-11-13(18)8-9-15(21)20-14)17(22)19-10-12-6-4-3-5-7-12/h3-9,11H,2,10H2,1H3,(H,19,22). The average molecular weight is 314 g/mol. The molecule has 0 aliphatic rings. The quantitative estimate of drug-likeness (QED) is 0.801. The fraction of sp³-hybridized carbons (Fsp3) is 0.176. The Bertz CT molecular complexity index is 811. The highest BCUT2D eigenvalue weighted by Gasteiger charge is 2.18. The number of benzene rings is 1. The predicted molar refractivity (Wildman–Crippen MR) is 87.2 cm³/mol. The minimum absolute atomic E-state index is 0.143. The molecule has 3 rings (SSSR count). The summed E-state index contributed by atoms with van der Waals surface area (Å²) in [4.78, 5) is 17.1. The molecule has 4 nitrogen and oxygen atoms in total. The maximum Gasteiger partial charge on any atom is 0.270 e. The molecule has 1 N–H and O–H groups in total. The van der Waals surface area contributed by atoms with Gasteiger partial charge in [-0.2, -0.15) is 0 Å². The van der Waals surface area contributed by atoms with Gasteiger partial charge in [-0.05, 0) is 24.1 Å². The van der Waals surface area contributed by atoms with Crippen LogP contribution in [0.1, 0.15) is 28.7 Å². The van der Waals surface area contributed by atoms with Crippen LogP contribution in [0.15, 0.2) is 48.7 Å². The molecule has 0 radical (unpaired) electrons. The minimum atomic E-state index is -0.143. The summed E-state index contributed by atoms with van der Waals surface area (Å²) in [5.74, 6) is -0.143. The number of nitrogens with one attached hydrogen (secondary N) is 1. The van der Waals surface area contributed by atoms with Gasteiger partial charge in [0.05, 0.1) is 10.7 Å². The number of fused-ring (bicyclic) bond motifs is 1. The molecular formula is C17H16ClN3O. The zero-order valence-corrected chi connectivity index (χ0v) is 13.0. The van der Waals surface area contributed by atoms with Crippen molar-refractivity contribution in [1.29, 1.82) is 0 Å². The third-order valence-corrected chi connectivity index (χ3v) is 3.72. The van der Waals surface area contributed by atoms with Gasteiger partial charge in [-0.15, -0.1) is 0 Å². The van der Waals surface area contributed by atoms with Crippen molar-refractivity contribution in [1.82, 2.24) is 14.7 Å². The molecule has 0 aliphatic heterocycles. The number of nitrogens with zero attached hydrogens (tertiary/aromatic N) is 2. The summed E-state index contributed by atoms with van der Waals surface area (Å²) < 4.78 is 1.75. The van der Waals surface area contributed by atoms with Crippen LogP contribution in [-0.2, 0) is 13.0 Å². The smallest absolute Gasteiger partial charge is 0.270 e. The first-order chi connectivity index (χ1) is 10.7. The Labute approximate surface area is 133 Å². The molecule has 22 heavy (non-hydrogen) atoms. The Hall–Kier alpha value is -2.33. The molecule has 1 amide bonds. The van der Waals surface area contributed by atoms with Crippen LogP contribution in [0.5, 0.6) is 0 Å². The molecule has 0 atom stereocenters. The van der Waals surface area contributed by atoms with Crippen LogP contribution < -0.4 is 5.32 Å². The number of rotatable bonds is 4. The number of pyridine rings is 1. The first-order valence-electron chi connectivity index (χ1n) is 7.17. The Morgan fingerprint density at radius 2 is 2.00 bits per heavy atom. The second-order valence-electron chi connectivity index (χ2n) is 5.00. The number of imidazole rings is 1. The molecule has 3 aromatic rings. The number of halogens is 1. The Morgan fingerprint density at radius 3 is 2.73 bits per heavy atom. The first kappa shape index (κ1) is 14.6. The lowest BCUT2D eigenvalue weighted by Gasteiger charge is -2.07. The van der Waals surface area contributed by atoms with Crippen molar-refractivity contribution < 1.29 is 4.79 Å². The van der Waals surface area contributed by atoms with E-state index >= 15 is 0 Å². The van der Waals surface area contributed by atoms with Gasteiger partial charge < -0.3 is 5.32 Å². The van der Waals surface area contributed by atoms with Crippen LogP contribution >= 0.6 is 11.6 Å². The summed E-state index contributed by atoms with van der Waals surface area (Å²) in [5.41, 5.74) is 3.11. The molecule has 0 fully saturated rings. The highest BCUT2D eigenvalue weighted by molar-refractivity contribution is 6.30. The summed E-state index contributed by atoms with van der Waals surface area (Å²) in [6.07, 6.45) is 2.41. The van der Waals surface area contributed by atoms with Gasteiger partial charge in [0.2, 0.25) is 0 Å². The normalized spacial score (nSPS) is 10.8. The van der Waals surface area contributed by atoms with E-state index in [2.05, 4.69) is 10.3 Å². The van der Waals surface area contributed by atoms with Crippen LogP contribution in [0.3, 0.4) is 0 Å². The largest absolute Gasteiger partial charge is 0.347 e. The molecular weight excluding hydrogens is 298 g/mol. The van der Waals surface area contributed by atoms with E-state index in [0.29, 0.717) is 23.7 Å². The highest BCUT2D eigenvalue weighted by atomic mass is 35.5. The van der Waals surface area contributed by atoms with Crippen molar-refractivity contribution in [2.45, 2.75) is 19.9 Å². The SMILES string of the molecule is CCc1nc2ccc(Cl)cn2c1C(=O)NCc1ccccc1. The maximum atomic E-state index is 12.6. The minimum Gasteiger partial charge on any atom is -0.347 e. The zero-order chi connectivity index (χ0) is 15.5. The van der Waals surface area contributed by atoms with Gasteiger partial charge in [-0.1, -0.05) is 48.9 Å². The number of carbonyl (C=O) groups is 1. The van der Waals surface area contributed by atoms with Gasteiger partial charge in [0.15, 0.2) is 0 Å². The maximum absolute atomic E-state index is 12.6. The van der Waals surface area contributed by atoms with Crippen LogP contribution in [0.2, 0.25) is 5.02 Å². The van der Waals surface area contributed by atoms with Crippen molar-refractivity contribution in [3.63, 3.8) is 0 Å². The van der Waals surface area contributed by atoms with Crippen LogP contribution in [0, 0.1) is 0 Å². The Kier molecular flexibility index (Phi) is 4.11. The van der Waals surface area contributed by atoms with Gasteiger partial charge in [0.25, 0.3) is 5.91 Å². The lowest BCUT2D eigenvalue weighted by Crippen LogP contribution is -2.25. The Morgan fingerprint density at radius 1 is 1.23 bits per heavy atom. The van der Waals surface area contributed by atoms with Crippen molar-refractivity contribution >= 4 is 23.2 Å². The molecule has 0 spiro atoms. The summed E-state index contributed by atoms with van der Waals surface area (Å²) in [6.45, 7) is 2.47. The Balaban J connectivity index is 1.91. The van der Waals surface area contributed by atoms with Crippen LogP contribution in [0.25, 0.3) is 5.65 Å². The van der Waals surface area contributed by atoms with Gasteiger partial charge in [-0.25, -0.2) is 4.98 Å². The third-order valence-electron chi connectivity index (χ3n) is 3.50. The van der Waals surface area contributed by atoms with Gasteiger partial charge in [0, 0.05) is 12.7 Å². The van der Waals surface area contributed by atoms with Crippen molar-refractivity contribution in [3.05, 3.63) is 70.6 Å². The lowest BCUT2D eigenvalue weighted by molar-refractivity contribution is 0.0944. The van der Waals surface area contributed by atoms with Gasteiger partial charge in [0.1, 0.15) is 11.3 Å². The summed E-state index contributed by atoms with van der Waals surface area (Å²) in [7, 11) is 0. The molecule has 5 heteroatoms. The first-order valence-corrected chi connectivity index (χ1v) is 7.55. The molecule has 112 valence electrons. The number of aromatic nitrogens is 2. The van der Waals surface area contributed by atoms with E-state index in [1.807, 2.05) is 43.3 Å². The molecule has 0 saturated heterocycles. The fourth-order valence-corrected chi connectivity index (χ4v) is 2.58. The summed E-state index contributed by atoms with van der Waals surface area (Å²) >= 11 is 6.04. The van der Waals surface area contributed by atoms with E-state index in [0.717, 1.165) is 16.9 Å². The number of amides is 1. The molecule has 0 saturated carbocycles. The average Bonchev–Trinajstić information content (AvgIpc) is 2.91. The van der Waals surface area contributed by atoms with Crippen LogP contribution in [-0.4, -0.2) is 15.3 Å². The lowest BCUT2D eigenvalue weighted by atomic mass is 10.2. The van der Waals surface area contributed by atoms with Crippen molar-refractivity contribution in [2.24, 2.45) is 0 Å². The zero-order valence-electron chi connectivity index (χ0n) is 12.2. The summed E-state index contributed by atoms with van der Waals surface area (Å²) in [5, 5.41) is 3.52. The topological polar surface area (TPSA) is 46.4 Å². The molecule has 0 unspecified atom stereocenters. The van der Waals surface area contributed by atoms with Gasteiger partial charge in [-0.3, -0.25) is 9.20 Å². The second-order valence-corrected chi connectivity index (χ2v) is 5.44. The molecule has 0 bridgehead atoms. The monoisotopic (exact) mass is 313 g/mol. The van der Waals surface area contributed by atoms with E-state index in [1.54, 1.807) is 16.7 Å². The second kappa shape index (κ2) is 6.20. The highest BCUT2D eigenvalue weighted by Crippen LogP contribution is 2.17. The molecule has 1 aromatic carbocycles. The summed E-state index contributed by atoms with van der Waals surface area (Å²) in [6, 6.07) is 13.4. The van der Waals surface area contributed by atoms with E-state index < -0.39 is 0 Å². The fourth-order valence-electron chi connectivity index (χ4n) is 2.42. The van der Waals surface area contributed by atoms with Crippen molar-refractivity contribution in [2.75, 3.05) is 0 Å². The number of hydrogen-bond donors (Lipinski definition) is 1. The van der Waals surface area contributed by atoms with E-state index in [9.17, 15) is 4.79 Å². The van der Waals surface area contributed by atoms with E-state index in [1.165, 1.54) is 0 Å². The number of carbonyl (C=O) groups excluding carboxylic acids is 1. The van der Waals surface area contributed by atoms with E-state index in [4.69, 9.17) is 11.6 Å². The molecule has 2 aromatic heterocycles. The van der Waals surface area contributed by atoms with Gasteiger partial charge >= 0.3 is 0 Å². The van der Waals surface area contributed by atoms with E-state index in [-0.39, 0.29) is 5.91 Å². The third kappa shape index (κ3) is 2.83. The molecule has 2 heterocycles. The van der Waals surface area contributed by atoms with Crippen LogP contribution in [0.4, 0.5) is 0 Å². The molecule has 0 aliphatic carbocycles. The number of hydrogen-bond acceptors (Lipinski definition) is 2. The predicted octanol–water partition coefficient (Wildman–Crippen LogP) is 3.48. The number of aryl methyl sites for hydroxylation is 1. The van der Waals surface area contributed by atoms with Crippen molar-refractivity contribution in [3.8, 4) is 0 Å².